The van der Waals surface area contributed by atoms with Crippen molar-refractivity contribution in [1.29, 1.82) is 0 Å². The van der Waals surface area contributed by atoms with E-state index < -0.39 is 6.29 Å². The van der Waals surface area contributed by atoms with Crippen molar-refractivity contribution >= 4 is 15.9 Å². The molecule has 0 spiro atoms. The van der Waals surface area contributed by atoms with Crippen LogP contribution in [0.4, 0.5) is 0 Å². The SMILES string of the molecule is CCOC(OCC)C(Br)CC.CCOC(OCC)C(CC)N=[N+]=[N-].CCOC(OCC)C(N)CC. The van der Waals surface area contributed by atoms with E-state index in [1.54, 1.807) is 0 Å². The molecule has 0 fully saturated rings. The van der Waals surface area contributed by atoms with Gasteiger partial charge < -0.3 is 34.2 Å². The average molecular weight is 574 g/mol. The van der Waals surface area contributed by atoms with Crippen LogP contribution in [0.15, 0.2) is 5.11 Å². The lowest BCUT2D eigenvalue weighted by molar-refractivity contribution is -0.148. The molecule has 3 unspecified atom stereocenters. The molecule has 0 aromatic carbocycles. The van der Waals surface area contributed by atoms with E-state index in [0.29, 0.717) is 50.9 Å². The van der Waals surface area contributed by atoms with Crippen LogP contribution in [0.5, 0.6) is 0 Å². The molecule has 35 heavy (non-hydrogen) atoms. The summed E-state index contributed by atoms with van der Waals surface area (Å²) in [4.78, 5) is 3.07. The maximum Gasteiger partial charge on any atom is 0.172 e. The first-order valence-corrected chi connectivity index (χ1v) is 13.9. The third kappa shape index (κ3) is 22.4. The van der Waals surface area contributed by atoms with Gasteiger partial charge in [0.25, 0.3) is 0 Å². The van der Waals surface area contributed by atoms with Crippen LogP contribution in [0.25, 0.3) is 10.4 Å². The third-order valence-corrected chi connectivity index (χ3v) is 5.50. The molecule has 0 aliphatic rings. The van der Waals surface area contributed by atoms with E-state index in [4.69, 9.17) is 39.7 Å². The molecule has 11 heteroatoms. The van der Waals surface area contributed by atoms with E-state index >= 15 is 0 Å². The van der Waals surface area contributed by atoms with Gasteiger partial charge >= 0.3 is 0 Å². The topological polar surface area (TPSA) is 130 Å². The van der Waals surface area contributed by atoms with Crippen molar-refractivity contribution < 1.29 is 28.4 Å². The van der Waals surface area contributed by atoms with Crippen molar-refractivity contribution in [2.24, 2.45) is 10.8 Å². The van der Waals surface area contributed by atoms with Gasteiger partial charge in [-0.1, -0.05) is 41.8 Å². The second kappa shape index (κ2) is 29.7. The highest BCUT2D eigenvalue weighted by Crippen LogP contribution is 2.14. The van der Waals surface area contributed by atoms with Crippen molar-refractivity contribution in [3.8, 4) is 0 Å². The van der Waals surface area contributed by atoms with Crippen molar-refractivity contribution in [2.75, 3.05) is 39.6 Å². The fourth-order valence-electron chi connectivity index (χ4n) is 2.59. The van der Waals surface area contributed by atoms with Crippen LogP contribution in [-0.4, -0.2) is 75.4 Å². The lowest BCUT2D eigenvalue weighted by Crippen LogP contribution is -2.38. The fraction of sp³-hybridized carbons (Fsp3) is 1.00. The zero-order chi connectivity index (χ0) is 27.5. The Bertz CT molecular complexity index is 435. The molecule has 0 aliphatic carbocycles. The molecule has 0 aromatic rings. The Morgan fingerprint density at radius 2 is 1.00 bits per heavy atom. The van der Waals surface area contributed by atoms with Gasteiger partial charge in [-0.2, -0.15) is 0 Å². The summed E-state index contributed by atoms with van der Waals surface area (Å²) in [6.45, 7) is 21.5. The Balaban J connectivity index is -0.000000441. The smallest absolute Gasteiger partial charge is 0.172 e. The van der Waals surface area contributed by atoms with Crippen LogP contribution >= 0.6 is 15.9 Å². The number of ether oxygens (including phenoxy) is 6. The highest BCUT2D eigenvalue weighted by atomic mass is 79.9. The minimum Gasteiger partial charge on any atom is -0.353 e. The largest absolute Gasteiger partial charge is 0.353 e. The number of halogens is 1. The quantitative estimate of drug-likeness (QED) is 0.0644. The van der Waals surface area contributed by atoms with Crippen molar-refractivity contribution in [2.45, 2.75) is 117 Å². The van der Waals surface area contributed by atoms with Gasteiger partial charge in [0.2, 0.25) is 0 Å². The van der Waals surface area contributed by atoms with Gasteiger partial charge in [0.15, 0.2) is 18.9 Å². The Morgan fingerprint density at radius 1 is 0.629 bits per heavy atom. The molecule has 0 aliphatic heterocycles. The number of azide groups is 1. The first kappa shape index (κ1) is 39.0. The summed E-state index contributed by atoms with van der Waals surface area (Å²) < 4.78 is 31.9. The van der Waals surface area contributed by atoms with Gasteiger partial charge in [-0.25, -0.2) is 0 Å². The van der Waals surface area contributed by atoms with Crippen LogP contribution in [0.2, 0.25) is 0 Å². The van der Waals surface area contributed by atoms with Gasteiger partial charge in [-0.05, 0) is 66.3 Å². The van der Waals surface area contributed by atoms with Gasteiger partial charge in [0, 0.05) is 44.6 Å². The zero-order valence-electron chi connectivity index (χ0n) is 23.6. The van der Waals surface area contributed by atoms with Crippen molar-refractivity contribution in [3.05, 3.63) is 10.4 Å². The van der Waals surface area contributed by atoms with Gasteiger partial charge in [0.05, 0.1) is 16.9 Å². The standard InChI is InChI=1S/C8H17BrO2.C8H17N3O2.C8H19NO2/c1-4-7(9)8(10-5-2)11-6-3;1-4-7(10-11-9)8(12-5-2)13-6-3;1-4-7(9)8(10-5-2)11-6-3/h7-8H,4-6H2,1-3H3;7-8H,4-6H2,1-3H3;7-8H,4-6,9H2,1-3H3. The summed E-state index contributed by atoms with van der Waals surface area (Å²) in [7, 11) is 0. The maximum absolute atomic E-state index is 8.30. The molecule has 3 atom stereocenters. The van der Waals surface area contributed by atoms with E-state index in [1.807, 2.05) is 55.4 Å². The highest BCUT2D eigenvalue weighted by molar-refractivity contribution is 9.09. The average Bonchev–Trinajstić information content (AvgIpc) is 2.86. The number of nitrogens with two attached hydrogens (primary N) is 1. The molecule has 0 radical (unpaired) electrons. The second-order valence-electron chi connectivity index (χ2n) is 7.01. The van der Waals surface area contributed by atoms with E-state index in [-0.39, 0.29) is 24.7 Å². The summed E-state index contributed by atoms with van der Waals surface area (Å²) >= 11 is 3.50. The molecule has 10 nitrogen and oxygen atoms in total. The molecule has 2 N–H and O–H groups in total. The number of nitrogens with zero attached hydrogens (tertiary/aromatic N) is 3. The molecular weight excluding hydrogens is 520 g/mol. The number of hydrogen-bond acceptors (Lipinski definition) is 8. The van der Waals surface area contributed by atoms with Crippen molar-refractivity contribution in [3.63, 3.8) is 0 Å². The van der Waals surface area contributed by atoms with E-state index in [1.165, 1.54) is 0 Å². The predicted molar refractivity (Wildman–Crippen MR) is 146 cm³/mol. The van der Waals surface area contributed by atoms with Crippen LogP contribution < -0.4 is 5.73 Å². The normalized spacial score (nSPS) is 13.4. The Kier molecular flexibility index (Phi) is 33.2. The first-order valence-electron chi connectivity index (χ1n) is 12.9. The number of rotatable bonds is 19. The molecule has 0 amide bonds. The minimum atomic E-state index is -0.407. The maximum atomic E-state index is 8.30. The monoisotopic (exact) mass is 572 g/mol. The van der Waals surface area contributed by atoms with Crippen molar-refractivity contribution in [1.82, 2.24) is 0 Å². The zero-order valence-corrected chi connectivity index (χ0v) is 25.2. The molecule has 0 aromatic heterocycles. The molecule has 0 rings (SSSR count). The minimum absolute atomic E-state index is 0.00472. The van der Waals surface area contributed by atoms with Crippen LogP contribution in [0.3, 0.4) is 0 Å². The summed E-state index contributed by atoms with van der Waals surface area (Å²) in [6, 6.07) is -0.236. The molecule has 0 saturated heterocycles. The lowest BCUT2D eigenvalue weighted by atomic mass is 10.2. The summed E-state index contributed by atoms with van der Waals surface area (Å²) in [5.74, 6) is 0. The van der Waals surface area contributed by atoms with E-state index in [0.717, 1.165) is 12.8 Å². The molecular formula is C24H53BrN4O6. The predicted octanol–water partition coefficient (Wildman–Crippen LogP) is 6.16. The van der Waals surface area contributed by atoms with Crippen LogP contribution in [-0.2, 0) is 28.4 Å². The summed E-state index contributed by atoms with van der Waals surface area (Å²) in [5, 5.41) is 3.61. The second-order valence-corrected chi connectivity index (χ2v) is 8.19. The van der Waals surface area contributed by atoms with Crippen LogP contribution in [0, 0.1) is 0 Å². The fourth-order valence-corrected chi connectivity index (χ4v) is 2.89. The highest BCUT2D eigenvalue weighted by Gasteiger charge is 2.19. The summed E-state index contributed by atoms with van der Waals surface area (Å²) in [6.07, 6.45) is 1.89. The number of hydrogen-bond donors (Lipinski definition) is 1. The molecule has 212 valence electrons. The summed E-state index contributed by atoms with van der Waals surface area (Å²) in [5.41, 5.74) is 14.0. The lowest BCUT2D eigenvalue weighted by Gasteiger charge is -2.21. The third-order valence-electron chi connectivity index (χ3n) is 4.42. The molecule has 0 heterocycles. The van der Waals surface area contributed by atoms with E-state index in [2.05, 4.69) is 32.9 Å². The Labute approximate surface area is 222 Å². The van der Waals surface area contributed by atoms with Crippen LogP contribution in [0.1, 0.15) is 81.6 Å². The van der Waals surface area contributed by atoms with E-state index in [9.17, 15) is 0 Å². The molecule has 0 saturated carbocycles. The van der Waals surface area contributed by atoms with Gasteiger partial charge in [-0.3, -0.25) is 0 Å². The van der Waals surface area contributed by atoms with Gasteiger partial charge in [0.1, 0.15) is 0 Å². The number of alkyl halides is 1. The van der Waals surface area contributed by atoms with Gasteiger partial charge in [-0.15, -0.1) is 0 Å². The Morgan fingerprint density at radius 3 is 1.29 bits per heavy atom. The molecule has 0 bridgehead atoms. The first-order chi connectivity index (χ1) is 16.8. The Hall–Kier alpha value is -0.490.